The molecule has 3 amide bonds. The van der Waals surface area contributed by atoms with Gasteiger partial charge in [0.15, 0.2) is 12.2 Å². The molecule has 0 saturated carbocycles. The first-order chi connectivity index (χ1) is 14.7. The van der Waals surface area contributed by atoms with E-state index in [9.17, 15) is 18.8 Å². The lowest BCUT2D eigenvalue weighted by molar-refractivity contribution is -0.140. The summed E-state index contributed by atoms with van der Waals surface area (Å²) in [6.07, 6.45) is -0.811. The smallest absolute Gasteiger partial charge is 0.321 e. The van der Waals surface area contributed by atoms with E-state index < -0.39 is 30.0 Å². The van der Waals surface area contributed by atoms with Crippen LogP contribution >= 0.6 is 0 Å². The van der Waals surface area contributed by atoms with E-state index in [0.717, 1.165) is 16.3 Å². The van der Waals surface area contributed by atoms with Crippen LogP contribution in [0.1, 0.15) is 23.9 Å². The Bertz CT molecular complexity index is 1110. The Morgan fingerprint density at radius 1 is 1.19 bits per heavy atom. The van der Waals surface area contributed by atoms with Crippen molar-refractivity contribution in [3.63, 3.8) is 0 Å². The molecular weight excluding hydrogens is 403 g/mol. The Balaban J connectivity index is 1.81. The number of carbonyl (C=O) groups excluding carboxylic acids is 3. The van der Waals surface area contributed by atoms with Crippen molar-refractivity contribution in [2.24, 2.45) is 4.99 Å². The molecule has 1 aromatic carbocycles. The van der Waals surface area contributed by atoms with Gasteiger partial charge >= 0.3 is 6.03 Å². The zero-order chi connectivity index (χ0) is 22.4. The van der Waals surface area contributed by atoms with Crippen molar-refractivity contribution >= 4 is 23.7 Å². The number of imide groups is 1. The summed E-state index contributed by atoms with van der Waals surface area (Å²) in [6, 6.07) is 6.66. The number of aryl methyl sites for hydroxylation is 2. The number of halogens is 1. The van der Waals surface area contributed by atoms with Gasteiger partial charge in [0.05, 0.1) is 12.2 Å². The minimum atomic E-state index is -0.902. The summed E-state index contributed by atoms with van der Waals surface area (Å²) in [6.45, 7) is 4.73. The Kier molecular flexibility index (Phi) is 5.08. The van der Waals surface area contributed by atoms with Crippen LogP contribution in [0.15, 0.2) is 35.3 Å². The number of benzene rings is 1. The number of carbonyl (C=O) groups is 3. The molecule has 2 aliphatic rings. The van der Waals surface area contributed by atoms with E-state index in [0.29, 0.717) is 11.5 Å². The molecule has 1 saturated heterocycles. The lowest BCUT2D eigenvalue weighted by Gasteiger charge is -2.41. The molecular formula is C21H23FN6O3. The molecule has 10 heteroatoms. The van der Waals surface area contributed by atoms with Crippen molar-refractivity contribution in [1.82, 2.24) is 24.5 Å². The van der Waals surface area contributed by atoms with Crippen LogP contribution in [-0.4, -0.2) is 74.0 Å². The van der Waals surface area contributed by atoms with E-state index in [1.165, 1.54) is 24.9 Å². The predicted octanol–water partition coefficient (Wildman–Crippen LogP) is 1.54. The maximum Gasteiger partial charge on any atom is 0.328 e. The number of hydrogen-bond acceptors (Lipinski definition) is 6. The van der Waals surface area contributed by atoms with Gasteiger partial charge in [-0.1, -0.05) is 18.2 Å². The van der Waals surface area contributed by atoms with Crippen LogP contribution in [0.25, 0.3) is 0 Å². The Morgan fingerprint density at radius 3 is 2.52 bits per heavy atom. The van der Waals surface area contributed by atoms with E-state index in [1.54, 1.807) is 27.8 Å². The van der Waals surface area contributed by atoms with Crippen molar-refractivity contribution in [3.05, 3.63) is 53.1 Å². The average Bonchev–Trinajstić information content (AvgIpc) is 3.24. The first-order valence-corrected chi connectivity index (χ1v) is 9.88. The standard InChI is InChI=1S/C21H23FN6O3/c1-12-9-13(2)28(24-12)20-23-18-17(26(20)11-15-7-5-6-8-16(15)22)19(30)27(10-14(3)29)21(31)25(18)4/h5-9,17-18H,10-11H2,1-4H3. The van der Waals surface area contributed by atoms with Crippen LogP contribution in [0.3, 0.4) is 0 Å². The molecule has 2 aliphatic heterocycles. The zero-order valence-electron chi connectivity index (χ0n) is 17.7. The SMILES string of the molecule is CC(=O)CN1C(=O)C2C(N=C(n3nc(C)cc3C)N2Cc2ccccc2F)N(C)C1=O. The number of nitrogens with zero attached hydrogens (tertiary/aromatic N) is 6. The maximum absolute atomic E-state index is 14.5. The lowest BCUT2D eigenvalue weighted by atomic mass is 10.1. The molecule has 1 fully saturated rings. The fraction of sp³-hybridized carbons (Fsp3) is 0.381. The summed E-state index contributed by atoms with van der Waals surface area (Å²) >= 11 is 0. The number of aliphatic imine (C=N–C) groups is 1. The summed E-state index contributed by atoms with van der Waals surface area (Å²) in [5, 5.41) is 4.47. The van der Waals surface area contributed by atoms with Crippen LogP contribution in [0.4, 0.5) is 9.18 Å². The van der Waals surface area contributed by atoms with Gasteiger partial charge in [-0.25, -0.2) is 18.9 Å². The van der Waals surface area contributed by atoms with Gasteiger partial charge in [-0.05, 0) is 32.9 Å². The summed E-state index contributed by atoms with van der Waals surface area (Å²) < 4.78 is 16.1. The van der Waals surface area contributed by atoms with Crippen molar-refractivity contribution in [1.29, 1.82) is 0 Å². The van der Waals surface area contributed by atoms with Gasteiger partial charge in [-0.2, -0.15) is 5.10 Å². The monoisotopic (exact) mass is 426 g/mol. The van der Waals surface area contributed by atoms with Gasteiger partial charge in [0.1, 0.15) is 11.6 Å². The quantitative estimate of drug-likeness (QED) is 0.740. The molecule has 0 aliphatic carbocycles. The number of Topliss-reactive ketones (excluding diaryl/α,β-unsaturated/α-hetero) is 1. The number of hydrogen-bond donors (Lipinski definition) is 0. The van der Waals surface area contributed by atoms with Crippen LogP contribution in [0, 0.1) is 19.7 Å². The third-order valence-electron chi connectivity index (χ3n) is 5.45. The van der Waals surface area contributed by atoms with Crippen LogP contribution in [0.5, 0.6) is 0 Å². The second-order valence-electron chi connectivity index (χ2n) is 7.87. The third-order valence-corrected chi connectivity index (χ3v) is 5.45. The van der Waals surface area contributed by atoms with Gasteiger partial charge in [0.2, 0.25) is 5.96 Å². The molecule has 0 radical (unpaired) electrons. The molecule has 0 spiro atoms. The molecule has 1 aromatic heterocycles. The van der Waals surface area contributed by atoms with Crippen LogP contribution in [-0.2, 0) is 16.1 Å². The van der Waals surface area contributed by atoms with E-state index >= 15 is 0 Å². The fourth-order valence-electron chi connectivity index (χ4n) is 4.02. The molecule has 2 aromatic rings. The van der Waals surface area contributed by atoms with E-state index in [4.69, 9.17) is 0 Å². The third kappa shape index (κ3) is 3.47. The topological polar surface area (TPSA) is 91.1 Å². The molecule has 162 valence electrons. The van der Waals surface area contributed by atoms with Gasteiger partial charge in [0, 0.05) is 24.8 Å². The first kappa shape index (κ1) is 20.7. The second kappa shape index (κ2) is 7.60. The molecule has 31 heavy (non-hydrogen) atoms. The summed E-state index contributed by atoms with van der Waals surface area (Å²) in [5.74, 6) is -0.916. The molecule has 3 heterocycles. The number of likely N-dealkylation sites (N-methyl/N-ethyl adjacent to an activating group) is 1. The maximum atomic E-state index is 14.5. The lowest BCUT2D eigenvalue weighted by Crippen LogP contribution is -2.65. The summed E-state index contributed by atoms with van der Waals surface area (Å²) in [7, 11) is 1.54. The van der Waals surface area contributed by atoms with Crippen molar-refractivity contribution < 1.29 is 18.8 Å². The highest BCUT2D eigenvalue weighted by atomic mass is 19.1. The van der Waals surface area contributed by atoms with Gasteiger partial charge in [-0.15, -0.1) is 0 Å². The van der Waals surface area contributed by atoms with Gasteiger partial charge in [0.25, 0.3) is 5.91 Å². The van der Waals surface area contributed by atoms with E-state index in [1.807, 2.05) is 19.9 Å². The zero-order valence-corrected chi connectivity index (χ0v) is 17.7. The van der Waals surface area contributed by atoms with E-state index in [-0.39, 0.29) is 18.9 Å². The highest BCUT2D eigenvalue weighted by molar-refractivity contribution is 6.06. The van der Waals surface area contributed by atoms with Gasteiger partial charge in [-0.3, -0.25) is 14.5 Å². The number of amides is 3. The number of fused-ring (bicyclic) bond motifs is 1. The highest BCUT2D eigenvalue weighted by Gasteiger charge is 2.53. The summed E-state index contributed by atoms with van der Waals surface area (Å²) in [5.41, 5.74) is 1.92. The molecule has 4 rings (SSSR count). The molecule has 9 nitrogen and oxygen atoms in total. The number of urea groups is 1. The highest BCUT2D eigenvalue weighted by Crippen LogP contribution is 2.30. The van der Waals surface area contributed by atoms with Crippen molar-refractivity contribution in [2.45, 2.75) is 39.5 Å². The normalized spacial score (nSPS) is 20.9. The molecule has 2 unspecified atom stereocenters. The van der Waals surface area contributed by atoms with Crippen LogP contribution in [0.2, 0.25) is 0 Å². The molecule has 0 N–H and O–H groups in total. The summed E-state index contributed by atoms with van der Waals surface area (Å²) in [4.78, 5) is 46.3. The van der Waals surface area contributed by atoms with Crippen molar-refractivity contribution in [2.75, 3.05) is 13.6 Å². The number of rotatable bonds is 4. The fourth-order valence-corrected chi connectivity index (χ4v) is 4.02. The van der Waals surface area contributed by atoms with Gasteiger partial charge < -0.3 is 9.80 Å². The molecule has 0 bridgehead atoms. The van der Waals surface area contributed by atoms with Crippen LogP contribution < -0.4 is 0 Å². The number of ketones is 1. The average molecular weight is 426 g/mol. The Hall–Kier alpha value is -3.56. The molecule has 2 atom stereocenters. The Labute approximate surface area is 178 Å². The second-order valence-corrected chi connectivity index (χ2v) is 7.87. The largest absolute Gasteiger partial charge is 0.328 e. The van der Waals surface area contributed by atoms with Crippen molar-refractivity contribution in [3.8, 4) is 0 Å². The minimum absolute atomic E-state index is 0.0483. The Morgan fingerprint density at radius 2 is 1.90 bits per heavy atom. The number of aromatic nitrogens is 2. The predicted molar refractivity (Wildman–Crippen MR) is 110 cm³/mol. The minimum Gasteiger partial charge on any atom is -0.321 e. The first-order valence-electron chi connectivity index (χ1n) is 9.88. The van der Waals surface area contributed by atoms with E-state index in [2.05, 4.69) is 10.1 Å².